The van der Waals surface area contributed by atoms with Crippen LogP contribution in [0, 0.1) is 10.1 Å². The van der Waals surface area contributed by atoms with Gasteiger partial charge in [0, 0.05) is 19.2 Å². The second kappa shape index (κ2) is 5.23. The van der Waals surface area contributed by atoms with Gasteiger partial charge in [-0.1, -0.05) is 0 Å². The van der Waals surface area contributed by atoms with Crippen LogP contribution in [0.4, 0.5) is 18.9 Å². The van der Waals surface area contributed by atoms with E-state index in [1.807, 2.05) is 0 Å². The van der Waals surface area contributed by atoms with Crippen LogP contribution in [-0.2, 0) is 17.8 Å². The number of carbonyl (C=O) groups excluding carboxylic acids is 1. The number of amides is 1. The van der Waals surface area contributed by atoms with Crippen molar-refractivity contribution in [2.75, 3.05) is 13.7 Å². The third-order valence-electron chi connectivity index (χ3n) is 3.24. The van der Waals surface area contributed by atoms with Gasteiger partial charge in [-0.3, -0.25) is 14.9 Å². The summed E-state index contributed by atoms with van der Waals surface area (Å²) in [6, 6.07) is 2.59. The zero-order valence-electron chi connectivity index (χ0n) is 10.9. The molecule has 0 aromatic heterocycles. The number of methoxy groups -OCH3 is 1. The van der Waals surface area contributed by atoms with Gasteiger partial charge in [0.25, 0.3) is 0 Å². The van der Waals surface area contributed by atoms with Gasteiger partial charge in [-0.05, 0) is 23.6 Å². The number of ether oxygens (including phenoxy) is 1. The highest BCUT2D eigenvalue weighted by molar-refractivity contribution is 5.82. The maximum Gasteiger partial charge on any atom is 0.471 e. The molecule has 0 unspecified atom stereocenters. The van der Waals surface area contributed by atoms with Crippen molar-refractivity contribution in [3.63, 3.8) is 0 Å². The molecule has 0 N–H and O–H groups in total. The summed E-state index contributed by atoms with van der Waals surface area (Å²) < 4.78 is 42.1. The zero-order valence-corrected chi connectivity index (χ0v) is 10.9. The number of alkyl halides is 3. The summed E-state index contributed by atoms with van der Waals surface area (Å²) in [7, 11) is 1.27. The first-order valence-corrected chi connectivity index (χ1v) is 5.94. The fourth-order valence-corrected chi connectivity index (χ4v) is 2.23. The Kier molecular flexibility index (Phi) is 3.75. The molecular weight excluding hydrogens is 293 g/mol. The second-order valence-corrected chi connectivity index (χ2v) is 4.52. The predicted octanol–water partition coefficient (Wildman–Crippen LogP) is 2.05. The second-order valence-electron chi connectivity index (χ2n) is 4.52. The van der Waals surface area contributed by atoms with E-state index in [1.54, 1.807) is 0 Å². The number of hydrogen-bond donors (Lipinski definition) is 0. The van der Waals surface area contributed by atoms with E-state index in [9.17, 15) is 28.1 Å². The molecule has 0 aliphatic carbocycles. The molecule has 6 nitrogen and oxygen atoms in total. The molecule has 1 amide bonds. The molecule has 0 spiro atoms. The lowest BCUT2D eigenvalue weighted by Crippen LogP contribution is -2.43. The number of rotatable bonds is 2. The Labute approximate surface area is 117 Å². The number of nitrogens with zero attached hydrogens (tertiary/aromatic N) is 2. The Hall–Kier alpha value is -2.32. The van der Waals surface area contributed by atoms with Crippen molar-refractivity contribution in [2.45, 2.75) is 19.1 Å². The van der Waals surface area contributed by atoms with E-state index in [-0.39, 0.29) is 30.9 Å². The lowest BCUT2D eigenvalue weighted by molar-refractivity contribution is -0.385. The van der Waals surface area contributed by atoms with Gasteiger partial charge in [-0.15, -0.1) is 0 Å². The van der Waals surface area contributed by atoms with Crippen LogP contribution in [0.3, 0.4) is 0 Å². The molecule has 0 saturated heterocycles. The van der Waals surface area contributed by atoms with Gasteiger partial charge in [0.05, 0.1) is 12.0 Å². The van der Waals surface area contributed by atoms with Crippen LogP contribution in [0.25, 0.3) is 0 Å². The van der Waals surface area contributed by atoms with Crippen LogP contribution in [0.1, 0.15) is 11.1 Å². The quantitative estimate of drug-likeness (QED) is 0.619. The van der Waals surface area contributed by atoms with Crippen molar-refractivity contribution in [3.8, 4) is 5.75 Å². The highest BCUT2D eigenvalue weighted by atomic mass is 19.4. The first-order chi connectivity index (χ1) is 9.74. The molecule has 1 aromatic carbocycles. The molecule has 9 heteroatoms. The number of fused-ring (bicyclic) bond motifs is 1. The summed E-state index contributed by atoms with van der Waals surface area (Å²) in [4.78, 5) is 22.1. The van der Waals surface area contributed by atoms with E-state index in [2.05, 4.69) is 0 Å². The molecule has 114 valence electrons. The molecule has 0 radical (unpaired) electrons. The van der Waals surface area contributed by atoms with E-state index in [0.29, 0.717) is 16.0 Å². The fourth-order valence-electron chi connectivity index (χ4n) is 2.23. The highest BCUT2D eigenvalue weighted by Gasteiger charge is 2.43. The lowest BCUT2D eigenvalue weighted by atomic mass is 9.98. The first kappa shape index (κ1) is 15.1. The molecular formula is C12H11F3N2O4. The summed E-state index contributed by atoms with van der Waals surface area (Å²) in [5.74, 6) is -1.89. The largest absolute Gasteiger partial charge is 0.490 e. The molecule has 1 aromatic rings. The molecule has 1 aliphatic heterocycles. The van der Waals surface area contributed by atoms with Gasteiger partial charge < -0.3 is 9.64 Å². The summed E-state index contributed by atoms with van der Waals surface area (Å²) in [5, 5.41) is 10.9. The topological polar surface area (TPSA) is 72.7 Å². The van der Waals surface area contributed by atoms with Gasteiger partial charge in [0.1, 0.15) is 0 Å². The third-order valence-corrected chi connectivity index (χ3v) is 3.24. The normalized spacial score (nSPS) is 14.6. The SMILES string of the molecule is COc1cc2c(cc1[N+](=O)[O-])CN(C(=O)C(F)(F)F)CC2. The number of hydrogen-bond acceptors (Lipinski definition) is 4. The van der Waals surface area contributed by atoms with Crippen LogP contribution in [-0.4, -0.2) is 35.6 Å². The maximum absolute atomic E-state index is 12.4. The molecule has 1 aliphatic rings. The molecule has 2 rings (SSSR count). The number of halogens is 3. The Morgan fingerprint density at radius 1 is 1.38 bits per heavy atom. The van der Waals surface area contributed by atoms with E-state index >= 15 is 0 Å². The summed E-state index contributed by atoms with van der Waals surface area (Å²) in [5.41, 5.74) is 0.632. The minimum Gasteiger partial charge on any atom is -0.490 e. The van der Waals surface area contributed by atoms with Crippen molar-refractivity contribution in [3.05, 3.63) is 33.4 Å². The molecule has 0 saturated carbocycles. The molecule has 0 fully saturated rings. The van der Waals surface area contributed by atoms with Gasteiger partial charge >= 0.3 is 17.8 Å². The third kappa shape index (κ3) is 2.91. The number of benzene rings is 1. The summed E-state index contributed by atoms with van der Waals surface area (Å²) >= 11 is 0. The molecule has 0 atom stereocenters. The van der Waals surface area contributed by atoms with Gasteiger partial charge in [0.15, 0.2) is 5.75 Å². The smallest absolute Gasteiger partial charge is 0.471 e. The standard InChI is InChI=1S/C12H11F3N2O4/c1-21-10-5-7-2-3-16(11(18)12(13,14)15)6-8(7)4-9(10)17(19)20/h4-5H,2-3,6H2,1H3. The monoisotopic (exact) mass is 304 g/mol. The van der Waals surface area contributed by atoms with Crippen molar-refractivity contribution in [1.29, 1.82) is 0 Å². The zero-order chi connectivity index (χ0) is 15.8. The minimum absolute atomic E-state index is 0.0503. The van der Waals surface area contributed by atoms with Crippen LogP contribution >= 0.6 is 0 Å². The van der Waals surface area contributed by atoms with Crippen LogP contribution < -0.4 is 4.74 Å². The maximum atomic E-state index is 12.4. The van der Waals surface area contributed by atoms with Crippen molar-refractivity contribution < 1.29 is 27.6 Å². The van der Waals surface area contributed by atoms with E-state index < -0.39 is 17.0 Å². The van der Waals surface area contributed by atoms with Crippen LogP contribution in [0.2, 0.25) is 0 Å². The Balaban J connectivity index is 2.34. The first-order valence-electron chi connectivity index (χ1n) is 5.94. The molecule has 21 heavy (non-hydrogen) atoms. The number of nitro groups is 1. The average molecular weight is 304 g/mol. The van der Waals surface area contributed by atoms with Crippen LogP contribution in [0.5, 0.6) is 5.75 Å². The van der Waals surface area contributed by atoms with Crippen molar-refractivity contribution in [1.82, 2.24) is 4.90 Å². The van der Waals surface area contributed by atoms with Crippen molar-refractivity contribution >= 4 is 11.6 Å². The highest BCUT2D eigenvalue weighted by Crippen LogP contribution is 2.34. The number of nitro benzene ring substituents is 1. The van der Waals surface area contributed by atoms with Gasteiger partial charge in [-0.25, -0.2) is 0 Å². The van der Waals surface area contributed by atoms with E-state index in [0.717, 1.165) is 6.07 Å². The van der Waals surface area contributed by atoms with Crippen LogP contribution in [0.15, 0.2) is 12.1 Å². The number of carbonyl (C=O) groups is 1. The Morgan fingerprint density at radius 2 is 2.05 bits per heavy atom. The summed E-state index contributed by atoms with van der Waals surface area (Å²) in [6.45, 7) is -0.398. The predicted molar refractivity (Wildman–Crippen MR) is 64.8 cm³/mol. The minimum atomic E-state index is -4.95. The van der Waals surface area contributed by atoms with Gasteiger partial charge in [-0.2, -0.15) is 13.2 Å². The van der Waals surface area contributed by atoms with Crippen molar-refractivity contribution in [2.24, 2.45) is 0 Å². The lowest BCUT2D eigenvalue weighted by Gasteiger charge is -2.29. The van der Waals surface area contributed by atoms with E-state index in [4.69, 9.17) is 4.74 Å². The molecule has 0 bridgehead atoms. The van der Waals surface area contributed by atoms with Gasteiger partial charge in [0.2, 0.25) is 0 Å². The average Bonchev–Trinajstić information content (AvgIpc) is 2.43. The Morgan fingerprint density at radius 3 is 2.57 bits per heavy atom. The Bertz CT molecular complexity index is 601. The summed E-state index contributed by atoms with van der Waals surface area (Å²) in [6.07, 6.45) is -4.76. The fraction of sp³-hybridized carbons (Fsp3) is 0.417. The van der Waals surface area contributed by atoms with E-state index in [1.165, 1.54) is 13.2 Å². The molecule has 1 heterocycles.